The summed E-state index contributed by atoms with van der Waals surface area (Å²) in [5.74, 6) is 0.680. The second-order valence-electron chi connectivity index (χ2n) is 4.43. The summed E-state index contributed by atoms with van der Waals surface area (Å²) in [5, 5.41) is 5.46. The number of benzene rings is 1. The Hall–Kier alpha value is -2.63. The van der Waals surface area contributed by atoms with Crippen LogP contribution in [-0.2, 0) is 0 Å². The Bertz CT molecular complexity index is 590. The van der Waals surface area contributed by atoms with Crippen LogP contribution in [0.25, 0.3) is 0 Å². The van der Waals surface area contributed by atoms with Crippen LogP contribution in [-0.4, -0.2) is 21.8 Å². The first-order valence-electron chi connectivity index (χ1n) is 6.24. The molecular formula is C14H16N4O2. The number of imidazole rings is 1. The average molecular weight is 272 g/mol. The summed E-state index contributed by atoms with van der Waals surface area (Å²) in [6.45, 7) is 3.33. The zero-order chi connectivity index (χ0) is 14.5. The number of aromatic nitrogens is 2. The number of nitrogens with zero attached hydrogens (tertiary/aromatic N) is 1. The van der Waals surface area contributed by atoms with Gasteiger partial charge in [0.2, 0.25) is 0 Å². The van der Waals surface area contributed by atoms with E-state index in [0.717, 1.165) is 0 Å². The van der Waals surface area contributed by atoms with E-state index >= 15 is 0 Å². The van der Waals surface area contributed by atoms with Gasteiger partial charge in [0.05, 0.1) is 6.04 Å². The Labute approximate surface area is 116 Å². The van der Waals surface area contributed by atoms with Crippen LogP contribution >= 0.6 is 0 Å². The third kappa shape index (κ3) is 3.44. The Kier molecular flexibility index (Phi) is 4.14. The van der Waals surface area contributed by atoms with Crippen molar-refractivity contribution in [3.8, 4) is 0 Å². The number of hydrogen-bond acceptors (Lipinski definition) is 3. The third-order valence-electron chi connectivity index (χ3n) is 2.83. The minimum atomic E-state index is -0.329. The lowest BCUT2D eigenvalue weighted by Gasteiger charge is -2.12. The lowest BCUT2D eigenvalue weighted by atomic mass is 10.1. The molecule has 1 heterocycles. The third-order valence-corrected chi connectivity index (χ3v) is 2.83. The molecule has 6 nitrogen and oxygen atoms in total. The lowest BCUT2D eigenvalue weighted by molar-refractivity contribution is 0.101. The maximum Gasteiger partial charge on any atom is 0.319 e. The minimum Gasteiger partial charge on any atom is -0.347 e. The Morgan fingerprint density at radius 1 is 1.25 bits per heavy atom. The second kappa shape index (κ2) is 6.01. The van der Waals surface area contributed by atoms with Crippen LogP contribution in [0, 0.1) is 0 Å². The molecule has 0 radical (unpaired) electrons. The van der Waals surface area contributed by atoms with Crippen molar-refractivity contribution in [3.05, 3.63) is 48.0 Å². The predicted molar refractivity (Wildman–Crippen MR) is 75.6 cm³/mol. The molecule has 0 fully saturated rings. The van der Waals surface area contributed by atoms with Gasteiger partial charge in [-0.25, -0.2) is 9.78 Å². The number of anilines is 1. The van der Waals surface area contributed by atoms with E-state index in [1.54, 1.807) is 36.7 Å². The molecule has 104 valence electrons. The highest BCUT2D eigenvalue weighted by atomic mass is 16.2. The zero-order valence-electron chi connectivity index (χ0n) is 11.3. The topological polar surface area (TPSA) is 86.9 Å². The van der Waals surface area contributed by atoms with Gasteiger partial charge in [-0.2, -0.15) is 0 Å². The van der Waals surface area contributed by atoms with Crippen molar-refractivity contribution in [1.82, 2.24) is 15.3 Å². The fourth-order valence-electron chi connectivity index (χ4n) is 1.73. The number of carbonyl (C=O) groups is 2. The first-order chi connectivity index (χ1) is 9.56. The number of H-pyrrole nitrogens is 1. The molecule has 1 atom stereocenters. The van der Waals surface area contributed by atoms with Crippen molar-refractivity contribution >= 4 is 17.5 Å². The molecule has 1 unspecified atom stereocenters. The van der Waals surface area contributed by atoms with Gasteiger partial charge in [-0.05, 0) is 38.1 Å². The molecule has 1 aromatic heterocycles. The van der Waals surface area contributed by atoms with Crippen molar-refractivity contribution in [2.75, 3.05) is 5.32 Å². The fraction of sp³-hybridized carbons (Fsp3) is 0.214. The number of hydrogen-bond donors (Lipinski definition) is 3. The van der Waals surface area contributed by atoms with Crippen LogP contribution in [0.4, 0.5) is 10.5 Å². The molecule has 0 saturated heterocycles. The zero-order valence-corrected chi connectivity index (χ0v) is 11.3. The maximum absolute atomic E-state index is 11.8. The van der Waals surface area contributed by atoms with Crippen molar-refractivity contribution in [2.24, 2.45) is 0 Å². The maximum atomic E-state index is 11.8. The van der Waals surface area contributed by atoms with E-state index in [1.807, 2.05) is 6.92 Å². The number of Topliss-reactive ketones (excluding diaryl/α,β-unsaturated/α-hetero) is 1. The number of rotatable bonds is 4. The number of carbonyl (C=O) groups excluding carboxylic acids is 2. The Morgan fingerprint density at radius 2 is 1.95 bits per heavy atom. The minimum absolute atomic E-state index is 0.00700. The van der Waals surface area contributed by atoms with E-state index in [-0.39, 0.29) is 17.9 Å². The Morgan fingerprint density at radius 3 is 2.50 bits per heavy atom. The van der Waals surface area contributed by atoms with Gasteiger partial charge in [-0.3, -0.25) is 4.79 Å². The van der Waals surface area contributed by atoms with Gasteiger partial charge in [0, 0.05) is 23.6 Å². The van der Waals surface area contributed by atoms with Crippen molar-refractivity contribution < 1.29 is 9.59 Å². The van der Waals surface area contributed by atoms with Crippen molar-refractivity contribution in [3.63, 3.8) is 0 Å². The van der Waals surface area contributed by atoms with Crippen LogP contribution in [0.15, 0.2) is 36.7 Å². The van der Waals surface area contributed by atoms with E-state index in [2.05, 4.69) is 20.6 Å². The van der Waals surface area contributed by atoms with Gasteiger partial charge in [0.25, 0.3) is 0 Å². The van der Waals surface area contributed by atoms with Crippen LogP contribution in [0.3, 0.4) is 0 Å². The van der Waals surface area contributed by atoms with Gasteiger partial charge in [-0.15, -0.1) is 0 Å². The molecule has 2 rings (SSSR count). The summed E-state index contributed by atoms with van der Waals surface area (Å²) in [6, 6.07) is 6.18. The molecule has 0 aliphatic rings. The predicted octanol–water partition coefficient (Wildman–Crippen LogP) is 2.50. The van der Waals surface area contributed by atoms with E-state index in [9.17, 15) is 9.59 Å². The molecule has 2 amide bonds. The SMILES string of the molecule is CC(=O)c1ccc(NC(=O)NC(C)c2ncc[nH]2)cc1. The van der Waals surface area contributed by atoms with Gasteiger partial charge in [0.1, 0.15) is 5.82 Å². The van der Waals surface area contributed by atoms with Gasteiger partial charge < -0.3 is 15.6 Å². The molecule has 20 heavy (non-hydrogen) atoms. The molecule has 3 N–H and O–H groups in total. The largest absolute Gasteiger partial charge is 0.347 e. The summed E-state index contributed by atoms with van der Waals surface area (Å²) in [4.78, 5) is 30.0. The molecule has 2 aromatic rings. The molecule has 1 aromatic carbocycles. The second-order valence-corrected chi connectivity index (χ2v) is 4.43. The molecule has 0 bridgehead atoms. The number of ketones is 1. The van der Waals surface area contributed by atoms with Crippen LogP contribution in [0.2, 0.25) is 0 Å². The summed E-state index contributed by atoms with van der Waals surface area (Å²) in [7, 11) is 0. The van der Waals surface area contributed by atoms with E-state index in [0.29, 0.717) is 17.1 Å². The average Bonchev–Trinajstić information content (AvgIpc) is 2.93. The fourth-order valence-corrected chi connectivity index (χ4v) is 1.73. The van der Waals surface area contributed by atoms with Gasteiger partial charge >= 0.3 is 6.03 Å². The first kappa shape index (κ1) is 13.8. The number of amides is 2. The van der Waals surface area contributed by atoms with E-state index in [1.165, 1.54) is 6.92 Å². The molecule has 6 heteroatoms. The van der Waals surface area contributed by atoms with Crippen LogP contribution in [0.5, 0.6) is 0 Å². The highest BCUT2D eigenvalue weighted by Crippen LogP contribution is 2.11. The van der Waals surface area contributed by atoms with E-state index in [4.69, 9.17) is 0 Å². The van der Waals surface area contributed by atoms with Crippen molar-refractivity contribution in [1.29, 1.82) is 0 Å². The summed E-state index contributed by atoms with van der Waals surface area (Å²) < 4.78 is 0. The Balaban J connectivity index is 1.92. The van der Waals surface area contributed by atoms with Crippen LogP contribution in [0.1, 0.15) is 36.1 Å². The first-order valence-corrected chi connectivity index (χ1v) is 6.24. The lowest BCUT2D eigenvalue weighted by Crippen LogP contribution is -2.31. The highest BCUT2D eigenvalue weighted by Gasteiger charge is 2.11. The summed E-state index contributed by atoms with van der Waals surface area (Å²) in [6.07, 6.45) is 3.33. The number of nitrogens with one attached hydrogen (secondary N) is 3. The molecule has 0 aliphatic carbocycles. The number of urea groups is 1. The molecule has 0 spiro atoms. The van der Waals surface area contributed by atoms with Crippen LogP contribution < -0.4 is 10.6 Å². The quantitative estimate of drug-likeness (QED) is 0.747. The smallest absolute Gasteiger partial charge is 0.319 e. The van der Waals surface area contributed by atoms with Gasteiger partial charge in [-0.1, -0.05) is 0 Å². The molecular weight excluding hydrogens is 256 g/mol. The monoisotopic (exact) mass is 272 g/mol. The summed E-state index contributed by atoms with van der Waals surface area (Å²) in [5.41, 5.74) is 1.24. The summed E-state index contributed by atoms with van der Waals surface area (Å²) >= 11 is 0. The van der Waals surface area contributed by atoms with E-state index < -0.39 is 0 Å². The molecule has 0 aliphatic heterocycles. The van der Waals surface area contributed by atoms with Crippen molar-refractivity contribution in [2.45, 2.75) is 19.9 Å². The van der Waals surface area contributed by atoms with Gasteiger partial charge in [0.15, 0.2) is 5.78 Å². The number of aromatic amines is 1. The molecule has 0 saturated carbocycles. The standard InChI is InChI=1S/C14H16N4O2/c1-9(13-15-7-8-16-13)17-14(20)18-12-5-3-11(4-6-12)10(2)19/h3-9H,1-2H3,(H,15,16)(H2,17,18,20). The highest BCUT2D eigenvalue weighted by molar-refractivity contribution is 5.95. The normalized spacial score (nSPS) is 11.7.